The zero-order chi connectivity index (χ0) is 22.2. The number of anilines is 2. The van der Waals surface area contributed by atoms with Gasteiger partial charge in [-0.05, 0) is 43.2 Å². The monoisotopic (exact) mass is 483 g/mol. The number of allylic oxidation sites excluding steroid dienone is 3. The summed E-state index contributed by atoms with van der Waals surface area (Å²) in [5.74, 6) is 0.227. The first kappa shape index (κ1) is 23.7. The molecule has 0 spiro atoms. The lowest BCUT2D eigenvalue weighted by Crippen LogP contribution is -2.36. The van der Waals surface area contributed by atoms with Crippen LogP contribution < -0.4 is 15.7 Å². The second-order valence-corrected chi connectivity index (χ2v) is 8.39. The number of hydrogen-bond acceptors (Lipinski definition) is 6. The van der Waals surface area contributed by atoms with Crippen molar-refractivity contribution in [2.75, 3.05) is 29.3 Å². The predicted octanol–water partition coefficient (Wildman–Crippen LogP) is 4.02. The van der Waals surface area contributed by atoms with Crippen LogP contribution in [0.4, 0.5) is 11.4 Å². The SMILES string of the molecule is O=C(CCCCCl)Nc1ccc(N2C[C@H](CNC(=O)C3=CC(Cl)=CCC3=S)OO2)cc1. The molecule has 31 heavy (non-hydrogen) atoms. The van der Waals surface area contributed by atoms with Crippen molar-refractivity contribution in [1.82, 2.24) is 5.32 Å². The second-order valence-electron chi connectivity index (χ2n) is 7.08. The third kappa shape index (κ3) is 7.02. The summed E-state index contributed by atoms with van der Waals surface area (Å²) in [7, 11) is 0. The topological polar surface area (TPSA) is 79.9 Å². The van der Waals surface area contributed by atoms with Crippen molar-refractivity contribution in [2.24, 2.45) is 0 Å². The average Bonchev–Trinajstić information content (AvgIpc) is 3.23. The standard InChI is InChI=1S/C21H23Cl2N3O4S/c22-10-2-1-3-20(27)25-15-5-7-16(8-6-15)26-13-17(29-30-26)12-24-21(28)18-11-14(23)4-9-19(18)31/h4-8,11,17H,1-3,9-10,12-13H2,(H,24,28)(H,25,27)/t17-/m0/s1. The Morgan fingerprint density at radius 3 is 2.74 bits per heavy atom. The smallest absolute Gasteiger partial charge is 0.252 e. The van der Waals surface area contributed by atoms with E-state index in [1.807, 2.05) is 12.1 Å². The van der Waals surface area contributed by atoms with Crippen molar-refractivity contribution in [3.05, 3.63) is 47.0 Å². The number of nitrogens with one attached hydrogen (secondary N) is 2. The van der Waals surface area contributed by atoms with Gasteiger partial charge in [-0.1, -0.05) is 29.9 Å². The number of benzene rings is 1. The molecule has 2 amide bonds. The molecular weight excluding hydrogens is 461 g/mol. The first-order valence-electron chi connectivity index (χ1n) is 9.92. The first-order valence-corrected chi connectivity index (χ1v) is 11.2. The number of alkyl halides is 1. The van der Waals surface area contributed by atoms with E-state index in [9.17, 15) is 9.59 Å². The maximum atomic E-state index is 12.4. The van der Waals surface area contributed by atoms with E-state index in [0.29, 0.717) is 46.4 Å². The molecule has 1 heterocycles. The summed E-state index contributed by atoms with van der Waals surface area (Å²) < 4.78 is 0. The number of halogens is 2. The van der Waals surface area contributed by atoms with E-state index < -0.39 is 0 Å². The van der Waals surface area contributed by atoms with E-state index in [4.69, 9.17) is 45.3 Å². The normalized spacial score (nSPS) is 18.5. The highest BCUT2D eigenvalue weighted by Crippen LogP contribution is 2.23. The summed E-state index contributed by atoms with van der Waals surface area (Å²) in [5.41, 5.74) is 1.87. The lowest BCUT2D eigenvalue weighted by atomic mass is 10.0. The van der Waals surface area contributed by atoms with E-state index >= 15 is 0 Å². The van der Waals surface area contributed by atoms with E-state index in [1.165, 1.54) is 0 Å². The highest BCUT2D eigenvalue weighted by molar-refractivity contribution is 7.81. The highest BCUT2D eigenvalue weighted by Gasteiger charge is 2.27. The largest absolute Gasteiger partial charge is 0.349 e. The Hall–Kier alpha value is -1.97. The number of amides is 2. The number of carbonyl (C=O) groups excluding carboxylic acids is 2. The molecule has 1 aromatic rings. The molecule has 10 heteroatoms. The summed E-state index contributed by atoms with van der Waals surface area (Å²) in [6.07, 6.45) is 5.48. The predicted molar refractivity (Wildman–Crippen MR) is 125 cm³/mol. The molecule has 2 aliphatic rings. The molecule has 1 atom stereocenters. The highest BCUT2D eigenvalue weighted by atomic mass is 35.5. The van der Waals surface area contributed by atoms with Gasteiger partial charge in [-0.3, -0.25) is 9.59 Å². The van der Waals surface area contributed by atoms with Crippen LogP contribution in [-0.2, 0) is 19.5 Å². The van der Waals surface area contributed by atoms with Crippen LogP contribution in [0, 0.1) is 0 Å². The summed E-state index contributed by atoms with van der Waals surface area (Å²) >= 11 is 16.8. The van der Waals surface area contributed by atoms with Crippen LogP contribution in [0.5, 0.6) is 0 Å². The minimum atomic E-state index is -0.353. The molecule has 7 nitrogen and oxygen atoms in total. The molecule has 2 N–H and O–H groups in total. The van der Waals surface area contributed by atoms with Crippen LogP contribution >= 0.6 is 35.4 Å². The molecule has 0 radical (unpaired) electrons. The lowest BCUT2D eigenvalue weighted by molar-refractivity contribution is -0.281. The molecule has 1 saturated heterocycles. The third-order valence-electron chi connectivity index (χ3n) is 4.67. The van der Waals surface area contributed by atoms with Gasteiger partial charge in [0, 0.05) is 40.9 Å². The summed E-state index contributed by atoms with van der Waals surface area (Å²) in [6, 6.07) is 7.22. The fourth-order valence-corrected chi connectivity index (χ4v) is 3.60. The first-order chi connectivity index (χ1) is 15.0. The number of carbonyl (C=O) groups is 2. The Kier molecular flexibility index (Phi) is 8.86. The number of unbranched alkanes of at least 4 members (excludes halogenated alkanes) is 1. The van der Waals surface area contributed by atoms with E-state index in [2.05, 4.69) is 10.6 Å². The van der Waals surface area contributed by atoms with Crippen LogP contribution in [0.25, 0.3) is 0 Å². The second kappa shape index (κ2) is 11.6. The van der Waals surface area contributed by atoms with Crippen molar-refractivity contribution in [2.45, 2.75) is 31.8 Å². The Morgan fingerprint density at radius 1 is 1.23 bits per heavy atom. The molecular formula is C21H23Cl2N3O4S. The van der Waals surface area contributed by atoms with Crippen LogP contribution in [0.15, 0.2) is 47.0 Å². The fourth-order valence-electron chi connectivity index (χ4n) is 2.99. The molecule has 0 unspecified atom stereocenters. The summed E-state index contributed by atoms with van der Waals surface area (Å²) in [4.78, 5) is 35.4. The van der Waals surface area contributed by atoms with Crippen molar-refractivity contribution >= 4 is 63.5 Å². The van der Waals surface area contributed by atoms with Gasteiger partial charge in [-0.2, -0.15) is 0 Å². The van der Waals surface area contributed by atoms with Crippen molar-refractivity contribution in [3.63, 3.8) is 0 Å². The van der Waals surface area contributed by atoms with E-state index in [1.54, 1.807) is 29.3 Å². The summed E-state index contributed by atoms with van der Waals surface area (Å²) in [5, 5.41) is 7.73. The van der Waals surface area contributed by atoms with Crippen LogP contribution in [0.2, 0.25) is 0 Å². The van der Waals surface area contributed by atoms with Crippen LogP contribution in [0.3, 0.4) is 0 Å². The van der Waals surface area contributed by atoms with Crippen molar-refractivity contribution in [1.29, 1.82) is 0 Å². The number of hydrogen-bond donors (Lipinski definition) is 2. The van der Waals surface area contributed by atoms with Gasteiger partial charge in [0.05, 0.1) is 17.8 Å². The van der Waals surface area contributed by atoms with Gasteiger partial charge >= 0.3 is 0 Å². The van der Waals surface area contributed by atoms with Gasteiger partial charge in [-0.15, -0.1) is 16.6 Å². The molecule has 166 valence electrons. The van der Waals surface area contributed by atoms with Gasteiger partial charge in [0.15, 0.2) is 0 Å². The van der Waals surface area contributed by atoms with Gasteiger partial charge in [-0.25, -0.2) is 9.95 Å². The maximum absolute atomic E-state index is 12.4. The molecule has 0 bridgehead atoms. The van der Waals surface area contributed by atoms with E-state index in [0.717, 1.165) is 18.5 Å². The van der Waals surface area contributed by atoms with Gasteiger partial charge in [0.2, 0.25) is 5.91 Å². The molecule has 0 aromatic heterocycles. The summed E-state index contributed by atoms with van der Waals surface area (Å²) in [6.45, 7) is 0.682. The third-order valence-corrected chi connectivity index (χ3v) is 5.58. The average molecular weight is 484 g/mol. The fraction of sp³-hybridized carbons (Fsp3) is 0.381. The van der Waals surface area contributed by atoms with Gasteiger partial charge in [0.25, 0.3) is 5.91 Å². The van der Waals surface area contributed by atoms with Gasteiger partial charge in [0.1, 0.15) is 6.10 Å². The maximum Gasteiger partial charge on any atom is 0.252 e. The minimum absolute atomic E-state index is 0.0428. The Bertz CT molecular complexity index is 889. The Labute approximate surface area is 196 Å². The molecule has 3 rings (SSSR count). The van der Waals surface area contributed by atoms with Gasteiger partial charge < -0.3 is 10.6 Å². The van der Waals surface area contributed by atoms with Crippen LogP contribution in [0.1, 0.15) is 25.7 Å². The quantitative estimate of drug-likeness (QED) is 0.239. The molecule has 1 aliphatic carbocycles. The molecule has 1 fully saturated rings. The van der Waals surface area contributed by atoms with Crippen LogP contribution in [-0.4, -0.2) is 41.8 Å². The number of nitrogens with zero attached hydrogens (tertiary/aromatic N) is 1. The molecule has 1 aromatic carbocycles. The number of rotatable bonds is 9. The molecule has 1 aliphatic heterocycles. The van der Waals surface area contributed by atoms with Crippen molar-refractivity contribution < 1.29 is 19.5 Å². The lowest BCUT2D eigenvalue weighted by Gasteiger charge is -2.15. The number of thiocarbonyl (C=S) groups is 1. The Morgan fingerprint density at radius 2 is 2.00 bits per heavy atom. The zero-order valence-electron chi connectivity index (χ0n) is 16.7. The van der Waals surface area contributed by atoms with E-state index in [-0.39, 0.29) is 24.5 Å². The molecule has 0 saturated carbocycles. The zero-order valence-corrected chi connectivity index (χ0v) is 19.1. The van der Waals surface area contributed by atoms with Crippen molar-refractivity contribution in [3.8, 4) is 0 Å². The minimum Gasteiger partial charge on any atom is -0.349 e. The number of hydroxylamine groups is 1. The Balaban J connectivity index is 1.45.